The fourth-order valence-electron chi connectivity index (χ4n) is 3.99. The molecule has 0 saturated heterocycles. The second kappa shape index (κ2) is 12.4. The minimum Gasteiger partial charge on any atom is -1.00 e. The molecule has 5 nitrogen and oxygen atoms in total. The fourth-order valence-corrected chi connectivity index (χ4v) is 10.8. The fraction of sp³-hybridized carbons (Fsp3) is 0.192. The molecule has 1 N–H and O–H groups in total. The molecule has 0 fully saturated rings. The van der Waals surface area contributed by atoms with Crippen molar-refractivity contribution in [2.24, 2.45) is 0 Å². The van der Waals surface area contributed by atoms with E-state index in [0.717, 1.165) is 15.9 Å². The average Bonchev–Trinajstić information content (AvgIpc) is 2.85. The zero-order chi connectivity index (χ0) is 23.9. The first kappa shape index (κ1) is 27.9. The Morgan fingerprint density at radius 2 is 1.18 bits per heavy atom. The van der Waals surface area contributed by atoms with Crippen LogP contribution in [0.4, 0.5) is 0 Å². The van der Waals surface area contributed by atoms with E-state index in [1.54, 1.807) is 6.92 Å². The lowest BCUT2D eigenvalue weighted by Gasteiger charge is -2.38. The summed E-state index contributed by atoms with van der Waals surface area (Å²) in [6, 6.07) is 28.3. The Hall–Kier alpha value is -2.34. The van der Waals surface area contributed by atoms with Crippen molar-refractivity contribution in [3.05, 3.63) is 91.0 Å². The van der Waals surface area contributed by atoms with E-state index in [4.69, 9.17) is 4.74 Å². The Morgan fingerprint density at radius 3 is 1.50 bits per heavy atom. The molecule has 3 aromatic carbocycles. The van der Waals surface area contributed by atoms with E-state index < -0.39 is 29.0 Å². The number of alkyl halides is 1. The van der Waals surface area contributed by atoms with Gasteiger partial charge in [0, 0.05) is 6.42 Å². The van der Waals surface area contributed by atoms with Crippen LogP contribution in [0.2, 0.25) is 0 Å². The number of carbonyl (C=O) groups is 3. The third-order valence-electron chi connectivity index (χ3n) is 5.37. The number of carboxylic acids is 1. The second-order valence-corrected chi connectivity index (χ2v) is 12.7. The van der Waals surface area contributed by atoms with Gasteiger partial charge < -0.3 is 26.8 Å². The number of ketones is 1. The molecule has 0 aliphatic heterocycles. The topological polar surface area (TPSA) is 80.7 Å². The maximum atomic E-state index is 13.9. The molecule has 0 spiro atoms. The first-order valence-electron chi connectivity index (χ1n) is 10.6. The molecular formula is C26H25Br2O5P. The van der Waals surface area contributed by atoms with Crippen LogP contribution in [0.15, 0.2) is 91.0 Å². The van der Waals surface area contributed by atoms with Crippen LogP contribution in [0.5, 0.6) is 0 Å². The van der Waals surface area contributed by atoms with Crippen LogP contribution < -0.4 is 32.9 Å². The number of hydrogen-bond acceptors (Lipinski definition) is 4. The van der Waals surface area contributed by atoms with Gasteiger partial charge in [0.2, 0.25) is 0 Å². The van der Waals surface area contributed by atoms with Gasteiger partial charge in [-0.25, -0.2) is 4.79 Å². The van der Waals surface area contributed by atoms with Crippen molar-refractivity contribution in [2.45, 2.75) is 23.8 Å². The molecule has 3 rings (SSSR count). The Labute approximate surface area is 218 Å². The van der Waals surface area contributed by atoms with Crippen molar-refractivity contribution in [2.75, 3.05) is 6.61 Å². The van der Waals surface area contributed by atoms with Crippen LogP contribution in [-0.2, 0) is 19.1 Å². The molecule has 0 heterocycles. The van der Waals surface area contributed by atoms with Gasteiger partial charge in [-0.1, -0.05) is 54.6 Å². The number of hydrogen-bond donors (Lipinski definition) is 1. The van der Waals surface area contributed by atoms with Gasteiger partial charge in [-0.3, -0.25) is 9.59 Å². The SMILES string of the molecule is CCOC(=O)C(Br)(C(=O)CCC(=O)O)[P+](c1ccccc1)(c1ccccc1)c1ccccc1.[Br-]. The van der Waals surface area contributed by atoms with Crippen molar-refractivity contribution in [3.63, 3.8) is 0 Å². The Bertz CT molecular complexity index is 1010. The Morgan fingerprint density at radius 1 is 0.794 bits per heavy atom. The summed E-state index contributed by atoms with van der Waals surface area (Å²) in [6.45, 7) is 1.76. The van der Waals surface area contributed by atoms with E-state index >= 15 is 0 Å². The van der Waals surface area contributed by atoms with Gasteiger partial charge in [0.1, 0.15) is 23.2 Å². The standard InChI is InChI=1S/C26H24BrO5P.BrH/c1-2-32-25(31)26(27,23(28)18-19-24(29)30)33(20-12-6-3-7-13-20,21-14-8-4-9-15-21)22-16-10-5-11-17-22;/h3-17H,2,18-19H2,1H3;1H. The average molecular weight is 608 g/mol. The zero-order valence-corrected chi connectivity index (χ0v) is 22.6. The molecule has 0 saturated carbocycles. The molecule has 0 radical (unpaired) electrons. The molecule has 0 aliphatic rings. The van der Waals surface area contributed by atoms with E-state index in [0.29, 0.717) is 0 Å². The molecule has 0 aromatic heterocycles. The van der Waals surface area contributed by atoms with E-state index in [9.17, 15) is 19.5 Å². The molecule has 178 valence electrons. The number of aliphatic carboxylic acids is 1. The maximum Gasteiger partial charge on any atom is 0.370 e. The molecule has 1 unspecified atom stereocenters. The molecular weight excluding hydrogens is 583 g/mol. The highest BCUT2D eigenvalue weighted by Crippen LogP contribution is 2.69. The van der Waals surface area contributed by atoms with Gasteiger partial charge in [0.05, 0.1) is 13.0 Å². The summed E-state index contributed by atoms with van der Waals surface area (Å²) in [5.41, 5.74) is 0. The lowest BCUT2D eigenvalue weighted by Crippen LogP contribution is -3.00. The summed E-state index contributed by atoms with van der Waals surface area (Å²) >= 11 is 3.63. The summed E-state index contributed by atoms with van der Waals surface area (Å²) in [7, 11) is -3.08. The van der Waals surface area contributed by atoms with Crippen molar-refractivity contribution in [1.29, 1.82) is 0 Å². The smallest absolute Gasteiger partial charge is 0.370 e. The first-order valence-corrected chi connectivity index (χ1v) is 13.1. The second-order valence-electron chi connectivity index (χ2n) is 7.34. The number of Topliss-reactive ketones (excluding diaryl/α,β-unsaturated/α-hetero) is 1. The highest BCUT2D eigenvalue weighted by Gasteiger charge is 2.71. The van der Waals surface area contributed by atoms with E-state index in [1.807, 2.05) is 91.0 Å². The Balaban J connectivity index is 0.00000408. The highest BCUT2D eigenvalue weighted by molar-refractivity contribution is 9.12. The molecule has 0 bridgehead atoms. The predicted octanol–water partition coefficient (Wildman–Crippen LogP) is 1.07. The largest absolute Gasteiger partial charge is 1.00 e. The highest BCUT2D eigenvalue weighted by atomic mass is 79.9. The quantitative estimate of drug-likeness (QED) is 0.161. The van der Waals surface area contributed by atoms with E-state index in [1.165, 1.54) is 0 Å². The van der Waals surface area contributed by atoms with Gasteiger partial charge in [-0.05, 0) is 59.3 Å². The van der Waals surface area contributed by atoms with Crippen molar-refractivity contribution in [1.82, 2.24) is 0 Å². The minimum absolute atomic E-state index is 0. The monoisotopic (exact) mass is 606 g/mol. The van der Waals surface area contributed by atoms with Crippen molar-refractivity contribution >= 4 is 56.8 Å². The summed E-state index contributed by atoms with van der Waals surface area (Å²) in [4.78, 5) is 38.9. The van der Waals surface area contributed by atoms with Crippen LogP contribution in [0, 0.1) is 0 Å². The molecule has 8 heteroatoms. The van der Waals surface area contributed by atoms with Gasteiger partial charge >= 0.3 is 11.9 Å². The Kier molecular flexibility index (Phi) is 10.2. The zero-order valence-electron chi connectivity index (χ0n) is 18.6. The number of carboxylic acid groups (broad SMARTS) is 1. The lowest BCUT2D eigenvalue weighted by atomic mass is 10.1. The molecule has 34 heavy (non-hydrogen) atoms. The van der Waals surface area contributed by atoms with Gasteiger partial charge in [0.25, 0.3) is 4.07 Å². The van der Waals surface area contributed by atoms with Crippen molar-refractivity contribution < 1.29 is 41.2 Å². The normalized spacial score (nSPS) is 12.6. The van der Waals surface area contributed by atoms with Gasteiger partial charge in [-0.2, -0.15) is 0 Å². The van der Waals surface area contributed by atoms with Crippen LogP contribution in [-0.4, -0.2) is 33.5 Å². The predicted molar refractivity (Wildman–Crippen MR) is 135 cm³/mol. The van der Waals surface area contributed by atoms with Crippen LogP contribution >= 0.6 is 23.2 Å². The number of ether oxygens (including phenoxy) is 1. The summed E-state index contributed by atoms with van der Waals surface area (Å²) in [6.07, 6.45) is -0.697. The first-order chi connectivity index (χ1) is 15.9. The molecule has 0 aliphatic carbocycles. The number of halogens is 2. The van der Waals surface area contributed by atoms with Gasteiger partial charge in [0.15, 0.2) is 5.78 Å². The van der Waals surface area contributed by atoms with E-state index in [-0.39, 0.29) is 36.4 Å². The molecule has 1 atom stereocenters. The summed E-state index contributed by atoms with van der Waals surface area (Å²) in [5.74, 6) is -2.34. The number of esters is 1. The lowest BCUT2D eigenvalue weighted by molar-refractivity contribution is -0.147. The van der Waals surface area contributed by atoms with E-state index in [2.05, 4.69) is 15.9 Å². The maximum absolute atomic E-state index is 13.9. The third-order valence-corrected chi connectivity index (χ3v) is 12.3. The molecule has 3 aromatic rings. The number of rotatable bonds is 10. The minimum atomic E-state index is -3.08. The number of carbonyl (C=O) groups excluding carboxylic acids is 2. The molecule has 0 amide bonds. The third kappa shape index (κ3) is 5.17. The van der Waals surface area contributed by atoms with Gasteiger partial charge in [-0.15, -0.1) is 0 Å². The van der Waals surface area contributed by atoms with Crippen LogP contribution in [0.1, 0.15) is 19.8 Å². The summed E-state index contributed by atoms with van der Waals surface area (Å²) < 4.78 is 3.67. The number of benzene rings is 3. The van der Waals surface area contributed by atoms with Crippen LogP contribution in [0.25, 0.3) is 0 Å². The summed E-state index contributed by atoms with van der Waals surface area (Å²) in [5, 5.41) is 11.7. The van der Waals surface area contributed by atoms with Crippen molar-refractivity contribution in [3.8, 4) is 0 Å². The van der Waals surface area contributed by atoms with Crippen LogP contribution in [0.3, 0.4) is 0 Å².